The smallest absolute Gasteiger partial charge is 0.339 e. The van der Waals surface area contributed by atoms with Gasteiger partial charge in [0.2, 0.25) is 5.82 Å². The predicted molar refractivity (Wildman–Crippen MR) is 84.6 cm³/mol. The van der Waals surface area contributed by atoms with Crippen LogP contribution in [0.25, 0.3) is 10.7 Å². The van der Waals surface area contributed by atoms with Gasteiger partial charge in [0.05, 0.1) is 15.4 Å². The summed E-state index contributed by atoms with van der Waals surface area (Å²) in [6, 6.07) is 7.94. The van der Waals surface area contributed by atoms with Crippen molar-refractivity contribution in [2.45, 2.75) is 13.5 Å². The number of carbonyl (C=O) groups excluding carboxylic acids is 1. The standard InChI is InChI=1S/C15H11N3O5S/c1-9-10(4-2-5-11(9)18(20)21)15(19)22-8-13-16-14(17-23-13)12-6-3-7-24-12/h2-7H,8H2,1H3. The fourth-order valence-electron chi connectivity index (χ4n) is 2.07. The lowest BCUT2D eigenvalue weighted by Crippen LogP contribution is -2.08. The van der Waals surface area contributed by atoms with Crippen molar-refractivity contribution in [3.05, 3.63) is 62.8 Å². The van der Waals surface area contributed by atoms with Crippen molar-refractivity contribution in [1.82, 2.24) is 10.1 Å². The summed E-state index contributed by atoms with van der Waals surface area (Å²) in [7, 11) is 0. The summed E-state index contributed by atoms with van der Waals surface area (Å²) in [6.07, 6.45) is 0. The van der Waals surface area contributed by atoms with Crippen molar-refractivity contribution in [3.63, 3.8) is 0 Å². The van der Waals surface area contributed by atoms with Gasteiger partial charge in [-0.1, -0.05) is 17.3 Å². The Morgan fingerprint density at radius 2 is 2.21 bits per heavy atom. The molecule has 0 spiro atoms. The maximum atomic E-state index is 12.1. The van der Waals surface area contributed by atoms with Crippen molar-refractivity contribution >= 4 is 23.0 Å². The number of hydrogen-bond acceptors (Lipinski definition) is 8. The highest BCUT2D eigenvalue weighted by molar-refractivity contribution is 7.13. The van der Waals surface area contributed by atoms with Gasteiger partial charge in [-0.05, 0) is 24.4 Å². The fraction of sp³-hybridized carbons (Fsp3) is 0.133. The van der Waals surface area contributed by atoms with E-state index in [4.69, 9.17) is 9.26 Å². The molecule has 0 unspecified atom stereocenters. The first-order valence-electron chi connectivity index (χ1n) is 6.84. The van der Waals surface area contributed by atoms with E-state index in [9.17, 15) is 14.9 Å². The van der Waals surface area contributed by atoms with E-state index in [0.717, 1.165) is 4.88 Å². The van der Waals surface area contributed by atoms with Crippen LogP contribution in [-0.2, 0) is 11.3 Å². The lowest BCUT2D eigenvalue weighted by atomic mass is 10.1. The number of rotatable bonds is 5. The average molecular weight is 345 g/mol. The Labute approximate surface area is 139 Å². The Bertz CT molecular complexity index is 888. The number of esters is 1. The largest absolute Gasteiger partial charge is 0.452 e. The van der Waals surface area contributed by atoms with Crippen LogP contribution in [0.15, 0.2) is 40.2 Å². The first-order valence-corrected chi connectivity index (χ1v) is 7.72. The molecule has 0 bridgehead atoms. The molecule has 3 rings (SSSR count). The Kier molecular flexibility index (Phi) is 4.34. The Morgan fingerprint density at radius 1 is 1.38 bits per heavy atom. The molecule has 0 saturated carbocycles. The van der Waals surface area contributed by atoms with Gasteiger partial charge in [0.1, 0.15) is 0 Å². The normalized spacial score (nSPS) is 10.5. The molecule has 0 atom stereocenters. The molecule has 0 N–H and O–H groups in total. The topological polar surface area (TPSA) is 108 Å². The number of thiophene rings is 1. The molecule has 0 aliphatic heterocycles. The molecule has 0 aliphatic carbocycles. The van der Waals surface area contributed by atoms with Gasteiger partial charge in [-0.3, -0.25) is 10.1 Å². The van der Waals surface area contributed by atoms with Crippen LogP contribution in [0.3, 0.4) is 0 Å². The zero-order chi connectivity index (χ0) is 17.1. The number of nitro benzene ring substituents is 1. The van der Waals surface area contributed by atoms with Gasteiger partial charge in [0, 0.05) is 11.6 Å². The molecule has 122 valence electrons. The molecule has 24 heavy (non-hydrogen) atoms. The van der Waals surface area contributed by atoms with Crippen LogP contribution in [-0.4, -0.2) is 21.0 Å². The van der Waals surface area contributed by atoms with Gasteiger partial charge in [-0.25, -0.2) is 4.79 Å². The van der Waals surface area contributed by atoms with Gasteiger partial charge in [0.15, 0.2) is 6.61 Å². The summed E-state index contributed by atoms with van der Waals surface area (Å²) in [5, 5.41) is 16.6. The van der Waals surface area contributed by atoms with Crippen molar-refractivity contribution in [3.8, 4) is 10.7 Å². The molecule has 0 aliphatic rings. The second kappa shape index (κ2) is 6.59. The molecular weight excluding hydrogens is 334 g/mol. The molecule has 3 aromatic rings. The maximum Gasteiger partial charge on any atom is 0.339 e. The third kappa shape index (κ3) is 3.15. The van der Waals surface area contributed by atoms with E-state index >= 15 is 0 Å². The monoisotopic (exact) mass is 345 g/mol. The van der Waals surface area contributed by atoms with Crippen LogP contribution in [0.2, 0.25) is 0 Å². The van der Waals surface area contributed by atoms with Crippen LogP contribution in [0.1, 0.15) is 21.8 Å². The van der Waals surface area contributed by atoms with Gasteiger partial charge < -0.3 is 9.26 Å². The van der Waals surface area contributed by atoms with Gasteiger partial charge in [-0.15, -0.1) is 11.3 Å². The van der Waals surface area contributed by atoms with Crippen molar-refractivity contribution in [2.75, 3.05) is 0 Å². The first-order chi connectivity index (χ1) is 11.6. The lowest BCUT2D eigenvalue weighted by molar-refractivity contribution is -0.385. The number of nitro groups is 1. The molecule has 2 heterocycles. The molecule has 9 heteroatoms. The Morgan fingerprint density at radius 3 is 2.92 bits per heavy atom. The van der Waals surface area contributed by atoms with Crippen LogP contribution >= 0.6 is 11.3 Å². The fourth-order valence-corrected chi connectivity index (χ4v) is 2.72. The van der Waals surface area contributed by atoms with Crippen LogP contribution < -0.4 is 0 Å². The van der Waals surface area contributed by atoms with Crippen molar-refractivity contribution in [1.29, 1.82) is 0 Å². The Hall–Kier alpha value is -3.07. The number of nitrogens with zero attached hydrogens (tertiary/aromatic N) is 3. The third-order valence-corrected chi connectivity index (χ3v) is 4.12. The number of benzene rings is 1. The third-order valence-electron chi connectivity index (χ3n) is 3.26. The quantitative estimate of drug-likeness (QED) is 0.396. The summed E-state index contributed by atoms with van der Waals surface area (Å²) in [5.74, 6) is -0.121. The zero-order valence-electron chi connectivity index (χ0n) is 12.5. The van der Waals surface area contributed by atoms with Gasteiger partial charge >= 0.3 is 5.97 Å². The number of ether oxygens (including phenoxy) is 1. The van der Waals surface area contributed by atoms with E-state index < -0.39 is 10.9 Å². The zero-order valence-corrected chi connectivity index (χ0v) is 13.3. The Balaban J connectivity index is 1.70. The molecule has 0 radical (unpaired) electrons. The molecule has 8 nitrogen and oxygen atoms in total. The van der Waals surface area contributed by atoms with E-state index in [1.807, 2.05) is 17.5 Å². The molecular formula is C15H11N3O5S. The maximum absolute atomic E-state index is 12.1. The second-order valence-corrected chi connectivity index (χ2v) is 5.72. The highest BCUT2D eigenvalue weighted by Gasteiger charge is 2.20. The predicted octanol–water partition coefficient (Wildman–Crippen LogP) is 3.37. The van der Waals surface area contributed by atoms with Crippen LogP contribution in [0.5, 0.6) is 0 Å². The SMILES string of the molecule is Cc1c(C(=O)OCc2nc(-c3cccs3)no2)cccc1[N+](=O)[O-]. The van der Waals surface area contributed by atoms with E-state index in [2.05, 4.69) is 10.1 Å². The van der Waals surface area contributed by atoms with E-state index in [-0.39, 0.29) is 29.3 Å². The summed E-state index contributed by atoms with van der Waals surface area (Å²) in [4.78, 5) is 27.5. The van der Waals surface area contributed by atoms with Crippen LogP contribution in [0, 0.1) is 17.0 Å². The first kappa shape index (κ1) is 15.8. The minimum absolute atomic E-state index is 0.127. The second-order valence-electron chi connectivity index (χ2n) is 4.77. The average Bonchev–Trinajstić information content (AvgIpc) is 3.23. The molecule has 0 amide bonds. The summed E-state index contributed by atoms with van der Waals surface area (Å²) in [5.41, 5.74) is 0.238. The number of carbonyl (C=O) groups is 1. The van der Waals surface area contributed by atoms with Crippen molar-refractivity contribution in [2.24, 2.45) is 0 Å². The molecule has 0 saturated heterocycles. The summed E-state index contributed by atoms with van der Waals surface area (Å²) in [6.45, 7) is 1.29. The highest BCUT2D eigenvalue weighted by atomic mass is 32.1. The summed E-state index contributed by atoms with van der Waals surface area (Å²) >= 11 is 1.46. The molecule has 2 aromatic heterocycles. The molecule has 0 fully saturated rings. The lowest BCUT2D eigenvalue weighted by Gasteiger charge is -2.05. The number of hydrogen-bond donors (Lipinski definition) is 0. The summed E-state index contributed by atoms with van der Waals surface area (Å²) < 4.78 is 10.1. The van der Waals surface area contributed by atoms with Crippen molar-refractivity contribution < 1.29 is 19.0 Å². The number of aromatic nitrogens is 2. The van der Waals surface area contributed by atoms with E-state index in [1.54, 1.807) is 0 Å². The van der Waals surface area contributed by atoms with E-state index in [1.165, 1.54) is 36.5 Å². The van der Waals surface area contributed by atoms with Gasteiger partial charge in [-0.2, -0.15) is 4.98 Å². The highest BCUT2D eigenvalue weighted by Crippen LogP contribution is 2.23. The minimum Gasteiger partial charge on any atom is -0.452 e. The minimum atomic E-state index is -0.688. The molecule has 1 aromatic carbocycles. The van der Waals surface area contributed by atoms with Crippen LogP contribution in [0.4, 0.5) is 5.69 Å². The van der Waals surface area contributed by atoms with Gasteiger partial charge in [0.25, 0.3) is 11.6 Å². The van der Waals surface area contributed by atoms with E-state index in [0.29, 0.717) is 5.82 Å².